The quantitative estimate of drug-likeness (QED) is 0.541. The summed E-state index contributed by atoms with van der Waals surface area (Å²) in [6.45, 7) is 0.630. The standard InChI is InChI=1S/C12H10Br2N2O2S/c1-15(6-8-4-12(14)19-7-8)10-3-2-9(13)5-11(10)16(17)18/h2-5,7H,6H2,1H3. The van der Waals surface area contributed by atoms with Crippen molar-refractivity contribution in [1.29, 1.82) is 0 Å². The average molecular weight is 406 g/mol. The van der Waals surface area contributed by atoms with Crippen molar-refractivity contribution in [3.63, 3.8) is 0 Å². The van der Waals surface area contributed by atoms with Crippen molar-refractivity contribution in [2.45, 2.75) is 6.54 Å². The maximum atomic E-state index is 11.1. The first-order valence-electron chi connectivity index (χ1n) is 5.35. The molecule has 0 atom stereocenters. The molecule has 0 aliphatic carbocycles. The number of hydrogen-bond acceptors (Lipinski definition) is 4. The van der Waals surface area contributed by atoms with Crippen LogP contribution in [0.4, 0.5) is 11.4 Å². The van der Waals surface area contributed by atoms with Crippen LogP contribution >= 0.6 is 43.2 Å². The molecule has 7 heteroatoms. The second-order valence-electron chi connectivity index (χ2n) is 4.01. The maximum absolute atomic E-state index is 11.1. The molecule has 0 N–H and O–H groups in total. The summed E-state index contributed by atoms with van der Waals surface area (Å²) in [5, 5.41) is 13.1. The molecule has 0 unspecified atom stereocenters. The molecule has 1 aromatic carbocycles. The SMILES string of the molecule is CN(Cc1csc(Br)c1)c1ccc(Br)cc1[N+](=O)[O-]. The number of halogens is 2. The average Bonchev–Trinajstić information content (AvgIpc) is 2.74. The molecule has 0 aliphatic rings. The lowest BCUT2D eigenvalue weighted by atomic mass is 10.2. The van der Waals surface area contributed by atoms with Crippen molar-refractivity contribution >= 4 is 54.6 Å². The van der Waals surface area contributed by atoms with E-state index < -0.39 is 0 Å². The molecule has 2 rings (SSSR count). The fourth-order valence-corrected chi connectivity index (χ4v) is 3.30. The van der Waals surface area contributed by atoms with Gasteiger partial charge in [-0.3, -0.25) is 10.1 Å². The van der Waals surface area contributed by atoms with Crippen LogP contribution in [0.1, 0.15) is 5.56 Å². The second-order valence-corrected chi connectivity index (χ2v) is 7.21. The molecule has 0 fully saturated rings. The van der Waals surface area contributed by atoms with Crippen LogP contribution in [-0.4, -0.2) is 12.0 Å². The molecule has 0 amide bonds. The smallest absolute Gasteiger partial charge is 0.293 e. The van der Waals surface area contributed by atoms with Gasteiger partial charge in [0.15, 0.2) is 0 Å². The molecule has 100 valence electrons. The third-order valence-corrected chi connectivity index (χ3v) is 4.63. The van der Waals surface area contributed by atoms with Crippen LogP contribution < -0.4 is 4.90 Å². The summed E-state index contributed by atoms with van der Waals surface area (Å²) >= 11 is 8.27. The van der Waals surface area contributed by atoms with Gasteiger partial charge in [-0.1, -0.05) is 15.9 Å². The molecular formula is C12H10Br2N2O2S. The predicted molar refractivity (Wildman–Crippen MR) is 84.9 cm³/mol. The van der Waals surface area contributed by atoms with E-state index in [1.54, 1.807) is 17.4 Å². The summed E-state index contributed by atoms with van der Waals surface area (Å²) < 4.78 is 1.76. The van der Waals surface area contributed by atoms with E-state index in [0.717, 1.165) is 9.35 Å². The third kappa shape index (κ3) is 3.55. The lowest BCUT2D eigenvalue weighted by molar-refractivity contribution is -0.384. The number of benzene rings is 1. The van der Waals surface area contributed by atoms with Gasteiger partial charge < -0.3 is 4.90 Å². The van der Waals surface area contributed by atoms with Crippen LogP contribution in [0.5, 0.6) is 0 Å². The molecule has 2 aromatic rings. The van der Waals surface area contributed by atoms with Crippen molar-refractivity contribution in [3.8, 4) is 0 Å². The topological polar surface area (TPSA) is 46.4 Å². The first kappa shape index (κ1) is 14.5. The van der Waals surface area contributed by atoms with E-state index in [2.05, 4.69) is 31.9 Å². The Kier molecular flexibility index (Phi) is 4.59. The Bertz CT molecular complexity index is 616. The van der Waals surface area contributed by atoms with Crippen molar-refractivity contribution in [3.05, 3.63) is 53.6 Å². The molecule has 19 heavy (non-hydrogen) atoms. The van der Waals surface area contributed by atoms with E-state index >= 15 is 0 Å². The van der Waals surface area contributed by atoms with Gasteiger partial charge in [-0.2, -0.15) is 0 Å². The van der Waals surface area contributed by atoms with Crippen LogP contribution in [0, 0.1) is 10.1 Å². The molecule has 0 spiro atoms. The van der Waals surface area contributed by atoms with Crippen LogP contribution in [0.3, 0.4) is 0 Å². The van der Waals surface area contributed by atoms with Gasteiger partial charge in [0, 0.05) is 24.1 Å². The summed E-state index contributed by atoms with van der Waals surface area (Å²) in [7, 11) is 1.85. The molecule has 0 saturated heterocycles. The van der Waals surface area contributed by atoms with E-state index in [-0.39, 0.29) is 10.6 Å². The number of hydrogen-bond donors (Lipinski definition) is 0. The highest BCUT2D eigenvalue weighted by Crippen LogP contribution is 2.32. The Balaban J connectivity index is 2.28. The van der Waals surface area contributed by atoms with E-state index in [4.69, 9.17) is 0 Å². The Labute approximate surface area is 131 Å². The molecule has 0 radical (unpaired) electrons. The molecule has 0 bridgehead atoms. The Morgan fingerprint density at radius 3 is 2.68 bits per heavy atom. The van der Waals surface area contributed by atoms with E-state index in [0.29, 0.717) is 16.7 Å². The minimum Gasteiger partial charge on any atom is -0.365 e. The molecular weight excluding hydrogens is 396 g/mol. The third-order valence-electron chi connectivity index (χ3n) is 2.59. The summed E-state index contributed by atoms with van der Waals surface area (Å²) in [6, 6.07) is 7.10. The summed E-state index contributed by atoms with van der Waals surface area (Å²) in [5.74, 6) is 0. The summed E-state index contributed by atoms with van der Waals surface area (Å²) in [5.41, 5.74) is 1.83. The maximum Gasteiger partial charge on any atom is 0.293 e. The largest absolute Gasteiger partial charge is 0.365 e. The molecule has 1 heterocycles. The van der Waals surface area contributed by atoms with Gasteiger partial charge in [0.1, 0.15) is 5.69 Å². The van der Waals surface area contributed by atoms with Crippen LogP contribution in [-0.2, 0) is 6.54 Å². The lowest BCUT2D eigenvalue weighted by Crippen LogP contribution is -2.17. The second kappa shape index (κ2) is 6.02. The molecule has 0 aliphatic heterocycles. The molecule has 1 aromatic heterocycles. The zero-order valence-electron chi connectivity index (χ0n) is 9.97. The highest BCUT2D eigenvalue weighted by Gasteiger charge is 2.17. The number of rotatable bonds is 4. The van der Waals surface area contributed by atoms with Crippen molar-refractivity contribution in [2.75, 3.05) is 11.9 Å². The molecule has 4 nitrogen and oxygen atoms in total. The summed E-state index contributed by atoms with van der Waals surface area (Å²) in [4.78, 5) is 12.6. The fraction of sp³-hybridized carbons (Fsp3) is 0.167. The van der Waals surface area contributed by atoms with E-state index in [9.17, 15) is 10.1 Å². The number of anilines is 1. The minimum atomic E-state index is -0.361. The minimum absolute atomic E-state index is 0.103. The number of nitrogens with zero attached hydrogens (tertiary/aromatic N) is 2. The normalized spacial score (nSPS) is 10.5. The van der Waals surface area contributed by atoms with Gasteiger partial charge in [0.05, 0.1) is 8.71 Å². The van der Waals surface area contributed by atoms with Crippen LogP contribution in [0.15, 0.2) is 37.9 Å². The Morgan fingerprint density at radius 2 is 2.11 bits per heavy atom. The van der Waals surface area contributed by atoms with Crippen LogP contribution in [0.25, 0.3) is 0 Å². The zero-order valence-corrected chi connectivity index (χ0v) is 14.0. The van der Waals surface area contributed by atoms with Gasteiger partial charge >= 0.3 is 0 Å². The van der Waals surface area contributed by atoms with Crippen molar-refractivity contribution < 1.29 is 4.92 Å². The van der Waals surface area contributed by atoms with Gasteiger partial charge in [-0.05, 0) is 45.1 Å². The van der Waals surface area contributed by atoms with Gasteiger partial charge in [-0.15, -0.1) is 11.3 Å². The molecule has 0 saturated carbocycles. The highest BCUT2D eigenvalue weighted by atomic mass is 79.9. The fourth-order valence-electron chi connectivity index (χ4n) is 1.75. The number of nitro groups is 1. The van der Waals surface area contributed by atoms with Gasteiger partial charge in [0.2, 0.25) is 0 Å². The van der Waals surface area contributed by atoms with E-state index in [1.165, 1.54) is 6.07 Å². The zero-order chi connectivity index (χ0) is 14.0. The Hall–Kier alpha value is -0.920. The number of thiophene rings is 1. The monoisotopic (exact) mass is 404 g/mol. The van der Waals surface area contributed by atoms with E-state index in [1.807, 2.05) is 29.5 Å². The number of nitro benzene ring substituents is 1. The highest BCUT2D eigenvalue weighted by molar-refractivity contribution is 9.11. The Morgan fingerprint density at radius 1 is 1.37 bits per heavy atom. The van der Waals surface area contributed by atoms with Gasteiger partial charge in [0.25, 0.3) is 5.69 Å². The van der Waals surface area contributed by atoms with Gasteiger partial charge in [-0.25, -0.2) is 0 Å². The predicted octanol–water partition coefficient (Wildman–Crippen LogP) is 4.82. The lowest BCUT2D eigenvalue weighted by Gasteiger charge is -2.18. The first-order chi connectivity index (χ1) is 8.97. The van der Waals surface area contributed by atoms with Crippen LogP contribution in [0.2, 0.25) is 0 Å². The first-order valence-corrected chi connectivity index (χ1v) is 7.82. The summed E-state index contributed by atoms with van der Waals surface area (Å²) in [6.07, 6.45) is 0. The van der Waals surface area contributed by atoms with Crippen molar-refractivity contribution in [2.24, 2.45) is 0 Å². The van der Waals surface area contributed by atoms with Crippen molar-refractivity contribution in [1.82, 2.24) is 0 Å².